The van der Waals surface area contributed by atoms with Crippen LogP contribution < -0.4 is 10.3 Å². The van der Waals surface area contributed by atoms with Gasteiger partial charge in [-0.25, -0.2) is 9.78 Å². The zero-order chi connectivity index (χ0) is 18.5. The van der Waals surface area contributed by atoms with Gasteiger partial charge in [0.25, 0.3) is 5.56 Å². The first-order chi connectivity index (χ1) is 12.5. The number of H-pyrrole nitrogens is 1. The summed E-state index contributed by atoms with van der Waals surface area (Å²) < 4.78 is 11.2. The Hall–Kier alpha value is -2.71. The number of benzene rings is 1. The van der Waals surface area contributed by atoms with E-state index >= 15 is 0 Å². The zero-order valence-corrected chi connectivity index (χ0v) is 14.5. The number of nitrogens with one attached hydrogen (secondary N) is 1. The van der Waals surface area contributed by atoms with E-state index in [0.29, 0.717) is 37.0 Å². The SMILES string of the molecule is Cc1nc(C2CN(Cc3ccccc3OCC(=O)O)CCO2)cc(=O)[nH]1. The molecule has 1 unspecified atom stereocenters. The highest BCUT2D eigenvalue weighted by molar-refractivity contribution is 5.68. The number of nitrogens with zero attached hydrogens (tertiary/aromatic N) is 2. The van der Waals surface area contributed by atoms with E-state index in [1.165, 1.54) is 6.07 Å². The minimum absolute atomic E-state index is 0.194. The third kappa shape index (κ3) is 4.68. The molecule has 138 valence electrons. The number of ether oxygens (including phenoxy) is 2. The van der Waals surface area contributed by atoms with E-state index in [0.717, 1.165) is 12.1 Å². The Kier molecular flexibility index (Phi) is 5.65. The number of hydrogen-bond donors (Lipinski definition) is 2. The lowest BCUT2D eigenvalue weighted by Gasteiger charge is -2.33. The maximum atomic E-state index is 11.7. The molecule has 3 rings (SSSR count). The molecule has 0 amide bonds. The zero-order valence-electron chi connectivity index (χ0n) is 14.5. The number of carbonyl (C=O) groups is 1. The van der Waals surface area contributed by atoms with Crippen LogP contribution in [0.4, 0.5) is 0 Å². The monoisotopic (exact) mass is 359 g/mol. The van der Waals surface area contributed by atoms with Crippen LogP contribution in [0.1, 0.15) is 23.2 Å². The number of carboxylic acid groups (broad SMARTS) is 1. The number of morpholine rings is 1. The van der Waals surface area contributed by atoms with Crippen molar-refractivity contribution in [3.63, 3.8) is 0 Å². The molecule has 0 bridgehead atoms. The molecule has 1 aromatic heterocycles. The van der Waals surface area contributed by atoms with Crippen LogP contribution in [0.3, 0.4) is 0 Å². The summed E-state index contributed by atoms with van der Waals surface area (Å²) in [6, 6.07) is 8.84. The number of rotatable bonds is 6. The van der Waals surface area contributed by atoms with Gasteiger partial charge in [0.05, 0.1) is 12.3 Å². The van der Waals surface area contributed by atoms with E-state index in [1.54, 1.807) is 13.0 Å². The second-order valence-electron chi connectivity index (χ2n) is 6.14. The summed E-state index contributed by atoms with van der Waals surface area (Å²) in [5.74, 6) is 0.102. The molecule has 1 aliphatic rings. The van der Waals surface area contributed by atoms with Crippen LogP contribution in [-0.2, 0) is 16.1 Å². The fraction of sp³-hybridized carbons (Fsp3) is 0.389. The molecule has 1 aliphatic heterocycles. The predicted octanol–water partition coefficient (Wildman–Crippen LogP) is 1.12. The molecule has 2 N–H and O–H groups in total. The molecule has 0 spiro atoms. The fourth-order valence-corrected chi connectivity index (χ4v) is 2.95. The number of para-hydroxylation sites is 1. The second kappa shape index (κ2) is 8.11. The topological polar surface area (TPSA) is 105 Å². The smallest absolute Gasteiger partial charge is 0.341 e. The molecule has 1 saturated heterocycles. The summed E-state index contributed by atoms with van der Waals surface area (Å²) >= 11 is 0. The van der Waals surface area contributed by atoms with Crippen molar-refractivity contribution in [3.05, 3.63) is 57.8 Å². The third-order valence-electron chi connectivity index (χ3n) is 4.08. The number of carboxylic acids is 1. The molecule has 0 saturated carbocycles. The summed E-state index contributed by atoms with van der Waals surface area (Å²) in [7, 11) is 0. The molecule has 2 aromatic rings. The lowest BCUT2D eigenvalue weighted by atomic mass is 10.1. The normalized spacial score (nSPS) is 17.8. The number of aryl methyl sites for hydroxylation is 1. The number of aromatic nitrogens is 2. The van der Waals surface area contributed by atoms with Crippen LogP contribution in [-0.4, -0.2) is 52.2 Å². The van der Waals surface area contributed by atoms with Crippen LogP contribution in [0.15, 0.2) is 35.1 Å². The van der Waals surface area contributed by atoms with Crippen molar-refractivity contribution in [2.45, 2.75) is 19.6 Å². The van der Waals surface area contributed by atoms with E-state index < -0.39 is 5.97 Å². The van der Waals surface area contributed by atoms with Crippen molar-refractivity contribution >= 4 is 5.97 Å². The number of aromatic amines is 1. The van der Waals surface area contributed by atoms with Crippen LogP contribution in [0.2, 0.25) is 0 Å². The Morgan fingerprint density at radius 1 is 1.46 bits per heavy atom. The van der Waals surface area contributed by atoms with Gasteiger partial charge in [0.15, 0.2) is 6.61 Å². The van der Waals surface area contributed by atoms with Crippen LogP contribution >= 0.6 is 0 Å². The highest BCUT2D eigenvalue weighted by Gasteiger charge is 2.24. The van der Waals surface area contributed by atoms with E-state index in [-0.39, 0.29) is 18.3 Å². The maximum Gasteiger partial charge on any atom is 0.341 e. The van der Waals surface area contributed by atoms with Crippen molar-refractivity contribution in [2.75, 3.05) is 26.3 Å². The highest BCUT2D eigenvalue weighted by Crippen LogP contribution is 2.24. The largest absolute Gasteiger partial charge is 0.482 e. The Balaban J connectivity index is 1.71. The van der Waals surface area contributed by atoms with E-state index in [4.69, 9.17) is 14.6 Å². The van der Waals surface area contributed by atoms with Gasteiger partial charge in [-0.2, -0.15) is 0 Å². The Labute approximate surface area is 150 Å². The van der Waals surface area contributed by atoms with E-state index in [9.17, 15) is 9.59 Å². The molecule has 1 atom stereocenters. The summed E-state index contributed by atoms with van der Waals surface area (Å²) in [5.41, 5.74) is 1.33. The van der Waals surface area contributed by atoms with Crippen molar-refractivity contribution in [2.24, 2.45) is 0 Å². The summed E-state index contributed by atoms with van der Waals surface area (Å²) in [5, 5.41) is 8.81. The standard InChI is InChI=1S/C18H21N3O5/c1-12-19-14(8-17(22)20-12)16-10-21(6-7-25-16)9-13-4-2-3-5-15(13)26-11-18(23)24/h2-5,8,16H,6-7,9-11H2,1H3,(H,23,24)(H,19,20,22). The second-order valence-corrected chi connectivity index (χ2v) is 6.14. The lowest BCUT2D eigenvalue weighted by molar-refractivity contribution is -0.139. The van der Waals surface area contributed by atoms with Crippen LogP contribution in [0.5, 0.6) is 5.75 Å². The Bertz CT molecular complexity index is 836. The van der Waals surface area contributed by atoms with Crippen molar-refractivity contribution in [1.29, 1.82) is 0 Å². The number of hydrogen-bond acceptors (Lipinski definition) is 6. The first-order valence-electron chi connectivity index (χ1n) is 8.35. The third-order valence-corrected chi connectivity index (χ3v) is 4.08. The van der Waals surface area contributed by atoms with Crippen molar-refractivity contribution < 1.29 is 19.4 Å². The van der Waals surface area contributed by atoms with Gasteiger partial charge in [-0.05, 0) is 13.0 Å². The number of aliphatic carboxylic acids is 1. The first kappa shape index (κ1) is 18.1. The molecule has 0 radical (unpaired) electrons. The van der Waals surface area contributed by atoms with Gasteiger partial charge in [-0.15, -0.1) is 0 Å². The van der Waals surface area contributed by atoms with Gasteiger partial charge < -0.3 is 19.6 Å². The molecule has 26 heavy (non-hydrogen) atoms. The van der Waals surface area contributed by atoms with Gasteiger partial charge >= 0.3 is 5.97 Å². The summed E-state index contributed by atoms with van der Waals surface area (Å²) in [6.45, 7) is 3.80. The van der Waals surface area contributed by atoms with E-state index in [2.05, 4.69) is 14.9 Å². The summed E-state index contributed by atoms with van der Waals surface area (Å²) in [6.07, 6.45) is -0.281. The molecular formula is C18H21N3O5. The van der Waals surface area contributed by atoms with Gasteiger partial charge in [0, 0.05) is 31.3 Å². The fourth-order valence-electron chi connectivity index (χ4n) is 2.95. The molecular weight excluding hydrogens is 338 g/mol. The Morgan fingerprint density at radius 2 is 2.27 bits per heavy atom. The van der Waals surface area contributed by atoms with Crippen LogP contribution in [0, 0.1) is 6.92 Å². The summed E-state index contributed by atoms with van der Waals surface area (Å²) in [4.78, 5) is 31.6. The average molecular weight is 359 g/mol. The van der Waals surface area contributed by atoms with Gasteiger partial charge in [0.2, 0.25) is 0 Å². The Morgan fingerprint density at radius 3 is 3.04 bits per heavy atom. The van der Waals surface area contributed by atoms with Crippen LogP contribution in [0.25, 0.3) is 0 Å². The molecule has 8 nitrogen and oxygen atoms in total. The molecule has 1 aromatic carbocycles. The van der Waals surface area contributed by atoms with Gasteiger partial charge in [-0.1, -0.05) is 18.2 Å². The van der Waals surface area contributed by atoms with E-state index in [1.807, 2.05) is 18.2 Å². The first-order valence-corrected chi connectivity index (χ1v) is 8.35. The molecule has 0 aliphatic carbocycles. The average Bonchev–Trinajstić information content (AvgIpc) is 2.60. The molecule has 1 fully saturated rings. The molecule has 2 heterocycles. The highest BCUT2D eigenvalue weighted by atomic mass is 16.5. The van der Waals surface area contributed by atoms with Crippen molar-refractivity contribution in [3.8, 4) is 5.75 Å². The predicted molar refractivity (Wildman–Crippen MR) is 93.1 cm³/mol. The van der Waals surface area contributed by atoms with Gasteiger partial charge in [0.1, 0.15) is 17.7 Å². The maximum absolute atomic E-state index is 11.7. The van der Waals surface area contributed by atoms with Crippen molar-refractivity contribution in [1.82, 2.24) is 14.9 Å². The lowest BCUT2D eigenvalue weighted by Crippen LogP contribution is -2.38. The van der Waals surface area contributed by atoms with Gasteiger partial charge in [-0.3, -0.25) is 9.69 Å². The minimum Gasteiger partial charge on any atom is -0.482 e. The molecule has 8 heteroatoms. The minimum atomic E-state index is -1.01. The quantitative estimate of drug-likeness (QED) is 0.796.